The molecule has 1 aromatic heterocycles. The molecule has 6 heteroatoms. The molecule has 1 aromatic carbocycles. The van der Waals surface area contributed by atoms with E-state index in [1.54, 1.807) is 29.4 Å². The molecule has 3 atom stereocenters. The molecule has 1 N–H and O–H groups in total. The van der Waals surface area contributed by atoms with Crippen molar-refractivity contribution in [1.29, 1.82) is 0 Å². The normalized spacial score (nSPS) is 26.0. The highest BCUT2D eigenvalue weighted by molar-refractivity contribution is 6.07. The van der Waals surface area contributed by atoms with E-state index < -0.39 is 0 Å². The van der Waals surface area contributed by atoms with Gasteiger partial charge in [0.2, 0.25) is 5.91 Å². The number of anilines is 1. The van der Waals surface area contributed by atoms with Crippen LogP contribution in [0.1, 0.15) is 34.7 Å². The van der Waals surface area contributed by atoms with E-state index >= 15 is 0 Å². The second-order valence-electron chi connectivity index (χ2n) is 7.58. The number of aliphatic hydroxyl groups is 1. The van der Waals surface area contributed by atoms with E-state index in [0.29, 0.717) is 12.1 Å². The second kappa shape index (κ2) is 6.16. The Kier molecular flexibility index (Phi) is 3.75. The van der Waals surface area contributed by atoms with Crippen LogP contribution in [0.4, 0.5) is 5.69 Å². The third-order valence-electron chi connectivity index (χ3n) is 6.02. The van der Waals surface area contributed by atoms with Crippen LogP contribution in [-0.2, 0) is 4.79 Å². The number of likely N-dealkylation sites (tertiary alicyclic amines) is 1. The fourth-order valence-electron chi connectivity index (χ4n) is 4.57. The summed E-state index contributed by atoms with van der Waals surface area (Å²) < 4.78 is 0. The molecule has 1 saturated heterocycles. The quantitative estimate of drug-likeness (QED) is 0.903. The van der Waals surface area contributed by atoms with E-state index in [2.05, 4.69) is 4.98 Å². The van der Waals surface area contributed by atoms with Gasteiger partial charge in [-0.25, -0.2) is 0 Å². The van der Waals surface area contributed by atoms with Crippen LogP contribution < -0.4 is 4.90 Å². The number of hydrogen-bond acceptors (Lipinski definition) is 4. The molecule has 2 aromatic rings. The summed E-state index contributed by atoms with van der Waals surface area (Å²) in [5.74, 6) is 0.190. The van der Waals surface area contributed by atoms with E-state index in [9.17, 15) is 14.7 Å². The number of pyridine rings is 1. The molecule has 2 fully saturated rings. The average Bonchev–Trinajstić information content (AvgIpc) is 3.54. The minimum absolute atomic E-state index is 0.0511. The zero-order valence-corrected chi connectivity index (χ0v) is 14.9. The number of amides is 2. The third kappa shape index (κ3) is 2.47. The molecule has 138 valence electrons. The predicted octanol–water partition coefficient (Wildman–Crippen LogP) is 1.81. The minimum Gasteiger partial charge on any atom is -0.394 e. The van der Waals surface area contributed by atoms with Gasteiger partial charge in [0.15, 0.2) is 0 Å². The van der Waals surface area contributed by atoms with Crippen LogP contribution in [-0.4, -0.2) is 52.0 Å². The lowest BCUT2D eigenvalue weighted by Crippen LogP contribution is -2.71. The van der Waals surface area contributed by atoms with Crippen molar-refractivity contribution in [2.75, 3.05) is 18.1 Å². The SMILES string of the molecule is O=C(c1cccnc1)N1C[C@@H]2[C@H](c3ccccc31)[C@@H](CO)N2C(=O)C1CC1. The summed E-state index contributed by atoms with van der Waals surface area (Å²) in [6.07, 6.45) is 5.08. The third-order valence-corrected chi connectivity index (χ3v) is 6.02. The Labute approximate surface area is 157 Å². The highest BCUT2D eigenvalue weighted by Crippen LogP contribution is 2.50. The van der Waals surface area contributed by atoms with Crippen molar-refractivity contribution in [3.05, 3.63) is 59.9 Å². The van der Waals surface area contributed by atoms with Crippen LogP contribution in [0.3, 0.4) is 0 Å². The molecule has 1 aliphatic carbocycles. The summed E-state index contributed by atoms with van der Waals surface area (Å²) in [7, 11) is 0. The van der Waals surface area contributed by atoms with Gasteiger partial charge in [0, 0.05) is 36.5 Å². The summed E-state index contributed by atoms with van der Waals surface area (Å²) in [4.78, 5) is 33.6. The van der Waals surface area contributed by atoms with Crippen molar-refractivity contribution in [3.8, 4) is 0 Å². The molecule has 3 heterocycles. The van der Waals surface area contributed by atoms with Crippen molar-refractivity contribution >= 4 is 17.5 Å². The van der Waals surface area contributed by atoms with E-state index in [1.807, 2.05) is 29.2 Å². The molecular weight excluding hydrogens is 342 g/mol. The maximum Gasteiger partial charge on any atom is 0.259 e. The summed E-state index contributed by atoms with van der Waals surface area (Å²) >= 11 is 0. The molecule has 2 aliphatic heterocycles. The van der Waals surface area contributed by atoms with Gasteiger partial charge in [-0.3, -0.25) is 14.6 Å². The molecule has 0 spiro atoms. The predicted molar refractivity (Wildman–Crippen MR) is 99.3 cm³/mol. The Hall–Kier alpha value is -2.73. The summed E-state index contributed by atoms with van der Waals surface area (Å²) in [6, 6.07) is 11.1. The number of carbonyl (C=O) groups excluding carboxylic acids is 2. The molecule has 1 saturated carbocycles. The van der Waals surface area contributed by atoms with Crippen LogP contribution >= 0.6 is 0 Å². The molecular formula is C21H21N3O3. The molecule has 0 bridgehead atoms. The Balaban J connectivity index is 1.53. The van der Waals surface area contributed by atoms with Crippen molar-refractivity contribution in [2.24, 2.45) is 5.92 Å². The minimum atomic E-state index is -0.195. The number of para-hydroxylation sites is 1. The molecule has 0 radical (unpaired) electrons. The molecule has 3 aliphatic rings. The maximum absolute atomic E-state index is 13.1. The first-order valence-corrected chi connectivity index (χ1v) is 9.44. The smallest absolute Gasteiger partial charge is 0.259 e. The standard InChI is InChI=1S/C21H21N3O3/c25-12-18-19-15-5-1-2-6-16(15)23(20(26)14-4-3-9-22-10-14)11-17(19)24(18)21(27)13-7-8-13/h1-6,9-10,13,17-19,25H,7-8,11-12H2/t17-,18-,19+/m1/s1. The maximum atomic E-state index is 13.1. The highest BCUT2D eigenvalue weighted by Gasteiger charge is 2.56. The van der Waals surface area contributed by atoms with Gasteiger partial charge in [-0.05, 0) is 36.6 Å². The second-order valence-corrected chi connectivity index (χ2v) is 7.58. The molecule has 6 nitrogen and oxygen atoms in total. The highest BCUT2D eigenvalue weighted by atomic mass is 16.3. The zero-order valence-electron chi connectivity index (χ0n) is 14.9. The monoisotopic (exact) mass is 363 g/mol. The van der Waals surface area contributed by atoms with Crippen molar-refractivity contribution in [2.45, 2.75) is 30.8 Å². The number of carbonyl (C=O) groups is 2. The number of rotatable bonds is 3. The first-order valence-electron chi connectivity index (χ1n) is 9.44. The van der Waals surface area contributed by atoms with Crippen LogP contribution in [0.25, 0.3) is 0 Å². The van der Waals surface area contributed by atoms with E-state index in [-0.39, 0.29) is 42.3 Å². The Bertz CT molecular complexity index is 897. The Morgan fingerprint density at radius 1 is 1.15 bits per heavy atom. The van der Waals surface area contributed by atoms with Gasteiger partial charge in [0.25, 0.3) is 5.91 Å². The largest absolute Gasteiger partial charge is 0.394 e. The molecule has 2 amide bonds. The van der Waals surface area contributed by atoms with Gasteiger partial charge in [0.05, 0.1) is 24.3 Å². The van der Waals surface area contributed by atoms with E-state index in [1.165, 1.54) is 0 Å². The van der Waals surface area contributed by atoms with E-state index in [0.717, 1.165) is 24.1 Å². The lowest BCUT2D eigenvalue weighted by atomic mass is 9.71. The fraction of sp³-hybridized carbons (Fsp3) is 0.381. The molecule has 27 heavy (non-hydrogen) atoms. The number of hydrogen-bond donors (Lipinski definition) is 1. The fourth-order valence-corrected chi connectivity index (χ4v) is 4.57. The number of fused-ring (bicyclic) bond motifs is 3. The van der Waals surface area contributed by atoms with Crippen molar-refractivity contribution < 1.29 is 14.7 Å². The first-order chi connectivity index (χ1) is 13.2. The number of benzene rings is 1. The number of nitrogens with zero attached hydrogens (tertiary/aromatic N) is 3. The van der Waals surface area contributed by atoms with Crippen LogP contribution in [0.5, 0.6) is 0 Å². The summed E-state index contributed by atoms with van der Waals surface area (Å²) in [5, 5.41) is 9.94. The average molecular weight is 363 g/mol. The topological polar surface area (TPSA) is 73.7 Å². The number of aromatic nitrogens is 1. The van der Waals surface area contributed by atoms with E-state index in [4.69, 9.17) is 0 Å². The Morgan fingerprint density at radius 3 is 2.67 bits per heavy atom. The van der Waals surface area contributed by atoms with Gasteiger partial charge in [0.1, 0.15) is 0 Å². The van der Waals surface area contributed by atoms with Gasteiger partial charge in [-0.1, -0.05) is 18.2 Å². The van der Waals surface area contributed by atoms with Gasteiger partial charge < -0.3 is 14.9 Å². The van der Waals surface area contributed by atoms with Crippen LogP contribution in [0.2, 0.25) is 0 Å². The van der Waals surface area contributed by atoms with Crippen molar-refractivity contribution in [3.63, 3.8) is 0 Å². The van der Waals surface area contributed by atoms with Gasteiger partial charge in [-0.15, -0.1) is 0 Å². The van der Waals surface area contributed by atoms with Crippen LogP contribution in [0, 0.1) is 5.92 Å². The summed E-state index contributed by atoms with van der Waals surface area (Å²) in [6.45, 7) is 0.398. The zero-order chi connectivity index (χ0) is 18.5. The summed E-state index contributed by atoms with van der Waals surface area (Å²) in [5.41, 5.74) is 2.43. The van der Waals surface area contributed by atoms with Crippen LogP contribution in [0.15, 0.2) is 48.8 Å². The first kappa shape index (κ1) is 16.4. The molecule has 0 unspecified atom stereocenters. The lowest BCUT2D eigenvalue weighted by molar-refractivity contribution is -0.151. The van der Waals surface area contributed by atoms with Crippen molar-refractivity contribution in [1.82, 2.24) is 9.88 Å². The molecule has 5 rings (SSSR count). The number of aliphatic hydroxyl groups excluding tert-OH is 1. The van der Waals surface area contributed by atoms with Gasteiger partial charge >= 0.3 is 0 Å². The Morgan fingerprint density at radius 2 is 1.96 bits per heavy atom. The van der Waals surface area contributed by atoms with Gasteiger partial charge in [-0.2, -0.15) is 0 Å². The lowest BCUT2D eigenvalue weighted by Gasteiger charge is -2.59.